The molecule has 4 heteroatoms. The van der Waals surface area contributed by atoms with Gasteiger partial charge in [0.05, 0.1) is 12.8 Å². The van der Waals surface area contributed by atoms with Gasteiger partial charge in [-0.1, -0.05) is 19.1 Å². The van der Waals surface area contributed by atoms with Crippen LogP contribution in [0.15, 0.2) is 18.2 Å². The predicted molar refractivity (Wildman–Crippen MR) is 77.5 cm³/mol. The summed E-state index contributed by atoms with van der Waals surface area (Å²) in [4.78, 5) is 25.6. The first-order valence-corrected chi connectivity index (χ1v) is 7.31. The molecule has 1 aromatic rings. The number of amides is 2. The van der Waals surface area contributed by atoms with E-state index in [4.69, 9.17) is 0 Å². The maximum Gasteiger partial charge on any atom is 0.228 e. The van der Waals surface area contributed by atoms with Gasteiger partial charge in [-0.05, 0) is 36.0 Å². The van der Waals surface area contributed by atoms with E-state index in [0.29, 0.717) is 12.8 Å². The van der Waals surface area contributed by atoms with E-state index in [1.165, 1.54) is 0 Å². The fourth-order valence-electron chi connectivity index (χ4n) is 2.94. The summed E-state index contributed by atoms with van der Waals surface area (Å²) in [6, 6.07) is 5.83. The molecular weight excluding hydrogens is 252 g/mol. The molecule has 2 heterocycles. The fourth-order valence-corrected chi connectivity index (χ4v) is 2.94. The molecule has 0 spiro atoms. The quantitative estimate of drug-likeness (QED) is 0.895. The van der Waals surface area contributed by atoms with E-state index in [0.717, 1.165) is 48.7 Å². The summed E-state index contributed by atoms with van der Waals surface area (Å²) in [5, 5.41) is 2.81. The molecule has 4 nitrogen and oxygen atoms in total. The highest BCUT2D eigenvalue weighted by atomic mass is 16.2. The molecule has 3 rings (SSSR count). The Morgan fingerprint density at radius 3 is 2.85 bits per heavy atom. The van der Waals surface area contributed by atoms with Gasteiger partial charge in [0, 0.05) is 18.8 Å². The number of carbonyl (C=O) groups is 2. The lowest BCUT2D eigenvalue weighted by Crippen LogP contribution is -2.38. The third kappa shape index (κ3) is 2.69. The van der Waals surface area contributed by atoms with Crippen LogP contribution < -0.4 is 5.32 Å². The Kier molecular flexibility index (Phi) is 3.47. The van der Waals surface area contributed by atoms with Crippen molar-refractivity contribution >= 4 is 17.5 Å². The van der Waals surface area contributed by atoms with Crippen molar-refractivity contribution in [3.8, 4) is 0 Å². The molecule has 1 saturated heterocycles. The normalized spacial score (nSPS) is 18.9. The van der Waals surface area contributed by atoms with Crippen molar-refractivity contribution in [2.24, 2.45) is 5.92 Å². The molecule has 1 fully saturated rings. The van der Waals surface area contributed by atoms with Crippen LogP contribution in [0.5, 0.6) is 0 Å². The summed E-state index contributed by atoms with van der Waals surface area (Å²) in [5.41, 5.74) is 2.90. The van der Waals surface area contributed by atoms with Gasteiger partial charge in [-0.3, -0.25) is 9.59 Å². The molecule has 0 atom stereocenters. The van der Waals surface area contributed by atoms with E-state index in [9.17, 15) is 9.59 Å². The Hall–Kier alpha value is -1.84. The molecular formula is C16H20N2O2. The zero-order chi connectivity index (χ0) is 14.1. The van der Waals surface area contributed by atoms with Gasteiger partial charge < -0.3 is 10.2 Å². The monoisotopic (exact) mass is 272 g/mol. The molecule has 106 valence electrons. The van der Waals surface area contributed by atoms with E-state index in [1.807, 2.05) is 23.1 Å². The van der Waals surface area contributed by atoms with Crippen LogP contribution in [-0.4, -0.2) is 29.8 Å². The maximum atomic E-state index is 12.3. The van der Waals surface area contributed by atoms with Crippen LogP contribution in [0, 0.1) is 5.92 Å². The van der Waals surface area contributed by atoms with Gasteiger partial charge >= 0.3 is 0 Å². The molecule has 0 bridgehead atoms. The average molecular weight is 272 g/mol. The number of nitrogens with zero attached hydrogens (tertiary/aromatic N) is 1. The number of nitrogens with one attached hydrogen (secondary N) is 1. The molecule has 1 aromatic carbocycles. The van der Waals surface area contributed by atoms with Crippen LogP contribution >= 0.6 is 0 Å². The number of hydrogen-bond donors (Lipinski definition) is 1. The van der Waals surface area contributed by atoms with E-state index in [-0.39, 0.29) is 11.8 Å². The van der Waals surface area contributed by atoms with Gasteiger partial charge in [-0.15, -0.1) is 0 Å². The Morgan fingerprint density at radius 2 is 2.10 bits per heavy atom. The first-order chi connectivity index (χ1) is 9.61. The number of carbonyl (C=O) groups excluding carboxylic acids is 2. The largest absolute Gasteiger partial charge is 0.342 e. The summed E-state index contributed by atoms with van der Waals surface area (Å²) in [6.45, 7) is 4.00. The van der Waals surface area contributed by atoms with Gasteiger partial charge in [0.1, 0.15) is 0 Å². The summed E-state index contributed by atoms with van der Waals surface area (Å²) in [6.07, 6.45) is 3.08. The Bertz CT molecular complexity index is 545. The van der Waals surface area contributed by atoms with Gasteiger partial charge in [-0.25, -0.2) is 0 Å². The predicted octanol–water partition coefficient (Wildman–Crippen LogP) is 1.98. The van der Waals surface area contributed by atoms with Crippen molar-refractivity contribution in [2.45, 2.75) is 32.6 Å². The van der Waals surface area contributed by atoms with E-state index >= 15 is 0 Å². The van der Waals surface area contributed by atoms with Gasteiger partial charge in [-0.2, -0.15) is 0 Å². The number of anilines is 1. The minimum atomic E-state index is 0.0356. The van der Waals surface area contributed by atoms with Gasteiger partial charge in [0.15, 0.2) is 0 Å². The van der Waals surface area contributed by atoms with Gasteiger partial charge in [0.25, 0.3) is 0 Å². The minimum absolute atomic E-state index is 0.0356. The van der Waals surface area contributed by atoms with Crippen LogP contribution in [0.3, 0.4) is 0 Å². The molecule has 2 aliphatic heterocycles. The zero-order valence-corrected chi connectivity index (χ0v) is 11.8. The summed E-state index contributed by atoms with van der Waals surface area (Å²) < 4.78 is 0. The number of likely N-dealkylation sites (tertiary alicyclic amines) is 1. The first kappa shape index (κ1) is 13.2. The van der Waals surface area contributed by atoms with Crippen LogP contribution in [0.25, 0.3) is 0 Å². The lowest BCUT2D eigenvalue weighted by atomic mass is 9.98. The Morgan fingerprint density at radius 1 is 1.35 bits per heavy atom. The van der Waals surface area contributed by atoms with Crippen LogP contribution in [0.4, 0.5) is 5.69 Å². The Balaban J connectivity index is 1.65. The van der Waals surface area contributed by atoms with Crippen LogP contribution in [0.2, 0.25) is 0 Å². The lowest BCUT2D eigenvalue weighted by molar-refractivity contribution is -0.131. The summed E-state index contributed by atoms with van der Waals surface area (Å²) >= 11 is 0. The van der Waals surface area contributed by atoms with Crippen molar-refractivity contribution < 1.29 is 9.59 Å². The van der Waals surface area contributed by atoms with Crippen molar-refractivity contribution in [1.82, 2.24) is 4.90 Å². The molecule has 0 radical (unpaired) electrons. The third-order valence-electron chi connectivity index (χ3n) is 4.29. The van der Waals surface area contributed by atoms with Crippen molar-refractivity contribution in [2.75, 3.05) is 18.4 Å². The Labute approximate surface area is 119 Å². The molecule has 0 aliphatic carbocycles. The average Bonchev–Trinajstić information content (AvgIpc) is 2.78. The summed E-state index contributed by atoms with van der Waals surface area (Å²) in [5.74, 6) is 0.971. The second-order valence-corrected chi connectivity index (χ2v) is 5.96. The minimum Gasteiger partial charge on any atom is -0.342 e. The molecule has 20 heavy (non-hydrogen) atoms. The summed E-state index contributed by atoms with van der Waals surface area (Å²) in [7, 11) is 0. The maximum absolute atomic E-state index is 12.3. The highest BCUT2D eigenvalue weighted by Crippen LogP contribution is 2.24. The SMILES string of the molecule is CC1CCN(C(=O)Cc2ccc3c(c2)CC(=O)N3)CC1. The highest BCUT2D eigenvalue weighted by molar-refractivity contribution is 5.99. The van der Waals surface area contributed by atoms with Crippen molar-refractivity contribution in [3.05, 3.63) is 29.3 Å². The molecule has 0 aromatic heterocycles. The lowest BCUT2D eigenvalue weighted by Gasteiger charge is -2.30. The highest BCUT2D eigenvalue weighted by Gasteiger charge is 2.22. The number of rotatable bonds is 2. The number of benzene rings is 1. The van der Waals surface area contributed by atoms with Crippen LogP contribution in [0.1, 0.15) is 30.9 Å². The zero-order valence-electron chi connectivity index (χ0n) is 11.8. The molecule has 0 unspecified atom stereocenters. The number of hydrogen-bond acceptors (Lipinski definition) is 2. The first-order valence-electron chi connectivity index (χ1n) is 7.31. The van der Waals surface area contributed by atoms with Gasteiger partial charge in [0.2, 0.25) is 11.8 Å². The second kappa shape index (κ2) is 5.27. The van der Waals surface area contributed by atoms with E-state index in [2.05, 4.69) is 12.2 Å². The standard InChI is InChI=1S/C16H20N2O2/c1-11-4-6-18(7-5-11)16(20)9-12-2-3-14-13(8-12)10-15(19)17-14/h2-3,8,11H,4-7,9-10H2,1H3,(H,17,19). The van der Waals surface area contributed by atoms with Crippen LogP contribution in [-0.2, 0) is 22.4 Å². The topological polar surface area (TPSA) is 49.4 Å². The van der Waals surface area contributed by atoms with E-state index < -0.39 is 0 Å². The second-order valence-electron chi connectivity index (χ2n) is 5.96. The fraction of sp³-hybridized carbons (Fsp3) is 0.500. The number of piperidine rings is 1. The van der Waals surface area contributed by atoms with E-state index in [1.54, 1.807) is 0 Å². The molecule has 2 amide bonds. The van der Waals surface area contributed by atoms with Crippen molar-refractivity contribution in [3.63, 3.8) is 0 Å². The smallest absolute Gasteiger partial charge is 0.228 e. The number of fused-ring (bicyclic) bond motifs is 1. The third-order valence-corrected chi connectivity index (χ3v) is 4.29. The van der Waals surface area contributed by atoms with Crippen molar-refractivity contribution in [1.29, 1.82) is 0 Å². The molecule has 0 saturated carbocycles. The molecule has 2 aliphatic rings. The molecule has 1 N–H and O–H groups in total.